The largest absolute Gasteiger partial charge is 0.314 e. The molecule has 1 nitrogen and oxygen atoms in total. The predicted molar refractivity (Wildman–Crippen MR) is 47.6 cm³/mol. The molecule has 1 aliphatic carbocycles. The van der Waals surface area contributed by atoms with Crippen LogP contribution in [0.5, 0.6) is 0 Å². The highest BCUT2D eigenvalue weighted by Gasteiger charge is 2.25. The Hall–Kier alpha value is -0.0400. The van der Waals surface area contributed by atoms with E-state index in [1.165, 1.54) is 51.5 Å². The van der Waals surface area contributed by atoms with Crippen molar-refractivity contribution in [3.05, 3.63) is 0 Å². The summed E-state index contributed by atoms with van der Waals surface area (Å²) in [5.41, 5.74) is 0. The van der Waals surface area contributed by atoms with Gasteiger partial charge in [-0.3, -0.25) is 0 Å². The third-order valence-electron chi connectivity index (χ3n) is 3.32. The van der Waals surface area contributed by atoms with Gasteiger partial charge in [-0.25, -0.2) is 0 Å². The number of fused-ring (bicyclic) bond motifs is 1. The molecule has 1 heterocycles. The van der Waals surface area contributed by atoms with Crippen molar-refractivity contribution in [3.8, 4) is 0 Å². The van der Waals surface area contributed by atoms with Crippen LogP contribution in [0.25, 0.3) is 0 Å². The number of rotatable bonds is 0. The van der Waals surface area contributed by atoms with E-state index in [4.69, 9.17) is 0 Å². The van der Waals surface area contributed by atoms with Crippen LogP contribution in [0, 0.1) is 5.92 Å². The van der Waals surface area contributed by atoms with Gasteiger partial charge >= 0.3 is 0 Å². The van der Waals surface area contributed by atoms with Crippen LogP contribution in [-0.2, 0) is 0 Å². The van der Waals surface area contributed by atoms with Crippen molar-refractivity contribution >= 4 is 0 Å². The van der Waals surface area contributed by atoms with E-state index in [2.05, 4.69) is 5.32 Å². The molecular weight excluding hydrogens is 134 g/mol. The summed E-state index contributed by atoms with van der Waals surface area (Å²) in [5, 5.41) is 3.66. The molecule has 0 radical (unpaired) electrons. The van der Waals surface area contributed by atoms with E-state index in [0.717, 1.165) is 12.0 Å². The molecule has 0 spiro atoms. The Kier molecular flexibility index (Phi) is 2.47. The van der Waals surface area contributed by atoms with Crippen LogP contribution in [0.4, 0.5) is 0 Å². The van der Waals surface area contributed by atoms with Gasteiger partial charge in [-0.15, -0.1) is 0 Å². The molecule has 0 bridgehead atoms. The third-order valence-corrected chi connectivity index (χ3v) is 3.32. The Balaban J connectivity index is 1.93. The van der Waals surface area contributed by atoms with Crippen molar-refractivity contribution in [2.75, 3.05) is 6.54 Å². The molecule has 2 unspecified atom stereocenters. The van der Waals surface area contributed by atoms with E-state index in [9.17, 15) is 0 Å². The van der Waals surface area contributed by atoms with Crippen molar-refractivity contribution in [2.24, 2.45) is 5.92 Å². The molecule has 11 heavy (non-hydrogen) atoms. The first-order valence-corrected chi connectivity index (χ1v) is 5.20. The Bertz CT molecular complexity index is 108. The van der Waals surface area contributed by atoms with Gasteiger partial charge in [0.2, 0.25) is 0 Å². The number of nitrogens with one attached hydrogen (secondary N) is 1. The molecule has 2 fully saturated rings. The van der Waals surface area contributed by atoms with Gasteiger partial charge in [0.25, 0.3) is 0 Å². The van der Waals surface area contributed by atoms with E-state index in [0.29, 0.717) is 0 Å². The molecule has 0 aromatic carbocycles. The first-order chi connectivity index (χ1) is 5.47. The van der Waals surface area contributed by atoms with Crippen molar-refractivity contribution in [2.45, 2.75) is 51.0 Å². The van der Waals surface area contributed by atoms with Gasteiger partial charge in [0.15, 0.2) is 0 Å². The second kappa shape index (κ2) is 3.57. The predicted octanol–water partition coefficient (Wildman–Crippen LogP) is 2.32. The van der Waals surface area contributed by atoms with Crippen LogP contribution in [0.15, 0.2) is 0 Å². The zero-order valence-corrected chi connectivity index (χ0v) is 7.31. The summed E-state index contributed by atoms with van der Waals surface area (Å²) in [4.78, 5) is 0. The van der Waals surface area contributed by atoms with E-state index in [-0.39, 0.29) is 0 Å². The zero-order chi connectivity index (χ0) is 7.52. The van der Waals surface area contributed by atoms with Gasteiger partial charge in [-0.05, 0) is 38.1 Å². The van der Waals surface area contributed by atoms with Gasteiger partial charge in [0.1, 0.15) is 0 Å². The summed E-state index contributed by atoms with van der Waals surface area (Å²) >= 11 is 0. The van der Waals surface area contributed by atoms with Crippen molar-refractivity contribution in [1.82, 2.24) is 5.32 Å². The summed E-state index contributed by atoms with van der Waals surface area (Å²) in [6.07, 6.45) is 10.3. The molecule has 1 saturated carbocycles. The molecule has 1 aliphatic heterocycles. The molecule has 2 atom stereocenters. The van der Waals surface area contributed by atoms with E-state index in [1.807, 2.05) is 0 Å². The SMILES string of the molecule is C1CCC2CCCNC2CC1. The van der Waals surface area contributed by atoms with Gasteiger partial charge in [-0.1, -0.05) is 19.3 Å². The molecule has 1 heteroatoms. The average Bonchev–Trinajstić information content (AvgIpc) is 2.28. The van der Waals surface area contributed by atoms with Crippen molar-refractivity contribution in [3.63, 3.8) is 0 Å². The Labute approximate surface area is 69.6 Å². The normalized spacial score (nSPS) is 39.3. The van der Waals surface area contributed by atoms with E-state index < -0.39 is 0 Å². The van der Waals surface area contributed by atoms with Crippen LogP contribution >= 0.6 is 0 Å². The van der Waals surface area contributed by atoms with Crippen LogP contribution in [0.2, 0.25) is 0 Å². The summed E-state index contributed by atoms with van der Waals surface area (Å²) in [6, 6.07) is 0.895. The van der Waals surface area contributed by atoms with Crippen LogP contribution < -0.4 is 5.32 Å². The summed E-state index contributed by atoms with van der Waals surface area (Å²) < 4.78 is 0. The summed E-state index contributed by atoms with van der Waals surface area (Å²) in [5.74, 6) is 1.03. The second-order valence-electron chi connectivity index (χ2n) is 4.10. The Morgan fingerprint density at radius 2 is 1.64 bits per heavy atom. The molecule has 0 amide bonds. The number of hydrogen-bond donors (Lipinski definition) is 1. The van der Waals surface area contributed by atoms with Crippen LogP contribution in [0.3, 0.4) is 0 Å². The maximum Gasteiger partial charge on any atom is 0.00953 e. The molecule has 1 saturated heterocycles. The highest BCUT2D eigenvalue weighted by Crippen LogP contribution is 2.29. The molecule has 0 aromatic heterocycles. The zero-order valence-electron chi connectivity index (χ0n) is 7.31. The Morgan fingerprint density at radius 3 is 2.64 bits per heavy atom. The third kappa shape index (κ3) is 1.76. The lowest BCUT2D eigenvalue weighted by Crippen LogP contribution is -2.40. The van der Waals surface area contributed by atoms with Gasteiger partial charge in [0, 0.05) is 6.04 Å². The lowest BCUT2D eigenvalue weighted by atomic mass is 9.87. The minimum absolute atomic E-state index is 0.895. The second-order valence-corrected chi connectivity index (χ2v) is 4.10. The quantitative estimate of drug-likeness (QED) is 0.563. The fourth-order valence-corrected chi connectivity index (χ4v) is 2.65. The smallest absolute Gasteiger partial charge is 0.00953 e. The molecule has 1 N–H and O–H groups in total. The maximum absolute atomic E-state index is 3.66. The average molecular weight is 153 g/mol. The highest BCUT2D eigenvalue weighted by atomic mass is 14.9. The molecule has 2 rings (SSSR count). The van der Waals surface area contributed by atoms with Crippen molar-refractivity contribution < 1.29 is 0 Å². The number of hydrogen-bond acceptors (Lipinski definition) is 1. The van der Waals surface area contributed by atoms with E-state index >= 15 is 0 Å². The minimum atomic E-state index is 0.895. The molecule has 2 aliphatic rings. The van der Waals surface area contributed by atoms with E-state index in [1.54, 1.807) is 0 Å². The highest BCUT2D eigenvalue weighted by molar-refractivity contribution is 4.82. The molecule has 64 valence electrons. The lowest BCUT2D eigenvalue weighted by Gasteiger charge is -2.30. The standard InChI is InChI=1S/C10H19N/c1-2-5-9-6-4-8-11-10(9)7-3-1/h9-11H,1-8H2. The maximum atomic E-state index is 3.66. The van der Waals surface area contributed by atoms with Gasteiger partial charge < -0.3 is 5.32 Å². The lowest BCUT2D eigenvalue weighted by molar-refractivity contribution is 0.267. The summed E-state index contributed by atoms with van der Waals surface area (Å²) in [6.45, 7) is 1.28. The molecule has 0 aromatic rings. The number of piperidine rings is 1. The first kappa shape index (κ1) is 7.60. The fourth-order valence-electron chi connectivity index (χ4n) is 2.65. The summed E-state index contributed by atoms with van der Waals surface area (Å²) in [7, 11) is 0. The monoisotopic (exact) mass is 153 g/mol. The van der Waals surface area contributed by atoms with Gasteiger partial charge in [0.05, 0.1) is 0 Å². The topological polar surface area (TPSA) is 12.0 Å². The minimum Gasteiger partial charge on any atom is -0.314 e. The van der Waals surface area contributed by atoms with Gasteiger partial charge in [-0.2, -0.15) is 0 Å². The molecular formula is C10H19N. The van der Waals surface area contributed by atoms with Crippen molar-refractivity contribution in [1.29, 1.82) is 0 Å². The van der Waals surface area contributed by atoms with Crippen LogP contribution in [-0.4, -0.2) is 12.6 Å². The Morgan fingerprint density at radius 1 is 0.818 bits per heavy atom. The first-order valence-electron chi connectivity index (χ1n) is 5.20. The van der Waals surface area contributed by atoms with Crippen LogP contribution in [0.1, 0.15) is 44.9 Å². The fraction of sp³-hybridized carbons (Fsp3) is 1.00.